The van der Waals surface area contributed by atoms with E-state index in [1.54, 1.807) is 6.07 Å². The smallest absolute Gasteiger partial charge is 0.243 e. The van der Waals surface area contributed by atoms with Crippen molar-refractivity contribution < 1.29 is 17.5 Å². The highest BCUT2D eigenvalue weighted by Crippen LogP contribution is 2.45. The minimum Gasteiger partial charge on any atom is -0.377 e. The van der Waals surface area contributed by atoms with Crippen molar-refractivity contribution in [3.63, 3.8) is 0 Å². The molecule has 0 radical (unpaired) electrons. The lowest BCUT2D eigenvalue weighted by Gasteiger charge is -2.55. The molecule has 1 aromatic rings. The first-order valence-corrected chi connectivity index (χ1v) is 9.04. The molecule has 0 N–H and O–H groups in total. The van der Waals surface area contributed by atoms with Gasteiger partial charge in [-0.1, -0.05) is 13.8 Å². The first kappa shape index (κ1) is 16.4. The standard InChI is InChI=1S/C16H19FN2O3S/c1-16(2)10-19(15(16)14-4-3-7-22-14)23(20,21)12-6-5-11(9-18)13(17)8-12/h5-6,8,14-15H,3-4,7,10H2,1-2H3. The second kappa shape index (κ2) is 5.55. The van der Waals surface area contributed by atoms with E-state index in [-0.39, 0.29) is 28.0 Å². The lowest BCUT2D eigenvalue weighted by molar-refractivity contribution is -0.0712. The molecule has 0 amide bonds. The maximum Gasteiger partial charge on any atom is 0.243 e. The zero-order valence-electron chi connectivity index (χ0n) is 13.1. The Morgan fingerprint density at radius 3 is 2.70 bits per heavy atom. The van der Waals surface area contributed by atoms with Gasteiger partial charge in [-0.05, 0) is 36.5 Å². The molecule has 2 aliphatic heterocycles. The summed E-state index contributed by atoms with van der Waals surface area (Å²) in [5.74, 6) is -0.818. The molecule has 0 bridgehead atoms. The van der Waals surface area contributed by atoms with Gasteiger partial charge in [0, 0.05) is 13.2 Å². The fourth-order valence-corrected chi connectivity index (χ4v) is 5.51. The number of hydrogen-bond donors (Lipinski definition) is 0. The molecule has 2 fully saturated rings. The van der Waals surface area contributed by atoms with Crippen molar-refractivity contribution in [3.05, 3.63) is 29.6 Å². The van der Waals surface area contributed by atoms with Gasteiger partial charge >= 0.3 is 0 Å². The van der Waals surface area contributed by atoms with Gasteiger partial charge in [0.15, 0.2) is 0 Å². The summed E-state index contributed by atoms with van der Waals surface area (Å²) in [6, 6.07) is 4.86. The number of sulfonamides is 1. The first-order valence-electron chi connectivity index (χ1n) is 7.60. The van der Waals surface area contributed by atoms with Crippen LogP contribution in [0.5, 0.6) is 0 Å². The van der Waals surface area contributed by atoms with Crippen LogP contribution in [0.1, 0.15) is 32.3 Å². The van der Waals surface area contributed by atoms with Crippen LogP contribution in [0.4, 0.5) is 4.39 Å². The molecular weight excluding hydrogens is 319 g/mol. The van der Waals surface area contributed by atoms with Gasteiger partial charge in [-0.25, -0.2) is 12.8 Å². The molecule has 2 saturated heterocycles. The van der Waals surface area contributed by atoms with Gasteiger partial charge in [-0.15, -0.1) is 0 Å². The highest BCUT2D eigenvalue weighted by Gasteiger charge is 2.55. The topological polar surface area (TPSA) is 70.4 Å². The molecule has 2 heterocycles. The molecule has 2 atom stereocenters. The van der Waals surface area contributed by atoms with Crippen molar-refractivity contribution in [2.24, 2.45) is 5.41 Å². The number of benzene rings is 1. The Morgan fingerprint density at radius 1 is 1.43 bits per heavy atom. The molecule has 2 unspecified atom stereocenters. The van der Waals surface area contributed by atoms with Gasteiger partial charge in [-0.2, -0.15) is 9.57 Å². The van der Waals surface area contributed by atoms with Crippen molar-refractivity contribution in [1.82, 2.24) is 4.31 Å². The summed E-state index contributed by atoms with van der Waals surface area (Å²) in [6.07, 6.45) is 1.65. The van der Waals surface area contributed by atoms with E-state index in [1.165, 1.54) is 16.4 Å². The molecule has 7 heteroatoms. The van der Waals surface area contributed by atoms with Crippen LogP contribution in [0.2, 0.25) is 0 Å². The van der Waals surface area contributed by atoms with Crippen LogP contribution in [0, 0.1) is 22.6 Å². The van der Waals surface area contributed by atoms with Crippen molar-refractivity contribution in [3.8, 4) is 6.07 Å². The normalized spacial score (nSPS) is 27.4. The Kier molecular flexibility index (Phi) is 3.95. The van der Waals surface area contributed by atoms with E-state index in [4.69, 9.17) is 10.00 Å². The summed E-state index contributed by atoms with van der Waals surface area (Å²) in [7, 11) is -3.80. The van der Waals surface area contributed by atoms with Crippen molar-refractivity contribution in [2.45, 2.75) is 43.7 Å². The molecule has 0 aromatic heterocycles. The molecule has 124 valence electrons. The van der Waals surface area contributed by atoms with Gasteiger partial charge in [0.1, 0.15) is 11.9 Å². The number of halogens is 1. The predicted molar refractivity (Wildman–Crippen MR) is 81.5 cm³/mol. The van der Waals surface area contributed by atoms with Gasteiger partial charge < -0.3 is 4.74 Å². The summed E-state index contributed by atoms with van der Waals surface area (Å²) in [4.78, 5) is -0.118. The monoisotopic (exact) mass is 338 g/mol. The summed E-state index contributed by atoms with van der Waals surface area (Å²) in [5, 5.41) is 8.77. The third-order valence-corrected chi connectivity index (χ3v) is 6.48. The first-order chi connectivity index (χ1) is 10.8. The molecule has 5 nitrogen and oxygen atoms in total. The van der Waals surface area contributed by atoms with Gasteiger partial charge in [-0.3, -0.25) is 0 Å². The molecule has 23 heavy (non-hydrogen) atoms. The van der Waals surface area contributed by atoms with Crippen LogP contribution < -0.4 is 0 Å². The Labute approximate surface area is 135 Å². The maximum absolute atomic E-state index is 13.8. The zero-order valence-corrected chi connectivity index (χ0v) is 13.9. The molecule has 3 rings (SSSR count). The average molecular weight is 338 g/mol. The van der Waals surface area contributed by atoms with Crippen LogP contribution in [0.3, 0.4) is 0 Å². The van der Waals surface area contributed by atoms with Crippen LogP contribution in [0.25, 0.3) is 0 Å². The van der Waals surface area contributed by atoms with Gasteiger partial charge in [0.25, 0.3) is 0 Å². The van der Waals surface area contributed by atoms with E-state index in [1.807, 2.05) is 13.8 Å². The van der Waals surface area contributed by atoms with Gasteiger partial charge in [0.05, 0.1) is 22.6 Å². The number of hydrogen-bond acceptors (Lipinski definition) is 4. The van der Waals surface area contributed by atoms with Crippen LogP contribution >= 0.6 is 0 Å². The third-order valence-electron chi connectivity index (χ3n) is 4.66. The van der Waals surface area contributed by atoms with Crippen LogP contribution in [-0.4, -0.2) is 38.0 Å². The maximum atomic E-state index is 13.8. The van der Waals surface area contributed by atoms with Crippen molar-refractivity contribution >= 4 is 10.0 Å². The minimum absolute atomic E-state index is 0.114. The van der Waals surface area contributed by atoms with Crippen LogP contribution in [0.15, 0.2) is 23.1 Å². The molecule has 2 aliphatic rings. The largest absolute Gasteiger partial charge is 0.377 e. The van der Waals surface area contributed by atoms with Crippen molar-refractivity contribution in [1.29, 1.82) is 5.26 Å². The summed E-state index contributed by atoms with van der Waals surface area (Å²) in [5.41, 5.74) is -0.337. The van der Waals surface area contributed by atoms with E-state index in [2.05, 4.69) is 0 Å². The predicted octanol–water partition coefficient (Wildman–Crippen LogP) is 2.28. The van der Waals surface area contributed by atoms with E-state index in [0.717, 1.165) is 18.9 Å². The molecule has 0 saturated carbocycles. The summed E-state index contributed by atoms with van der Waals surface area (Å²) >= 11 is 0. The summed E-state index contributed by atoms with van der Waals surface area (Å²) in [6.45, 7) is 5.06. The van der Waals surface area contributed by atoms with Crippen LogP contribution in [-0.2, 0) is 14.8 Å². The second-order valence-electron chi connectivity index (χ2n) is 6.79. The number of nitrogens with zero attached hydrogens (tertiary/aromatic N) is 2. The second-order valence-corrected chi connectivity index (χ2v) is 8.68. The average Bonchev–Trinajstić information content (AvgIpc) is 2.98. The van der Waals surface area contributed by atoms with E-state index in [9.17, 15) is 12.8 Å². The lowest BCUT2D eigenvalue weighted by Crippen LogP contribution is -2.67. The Morgan fingerprint density at radius 2 is 2.17 bits per heavy atom. The summed E-state index contributed by atoms with van der Waals surface area (Å²) < 4.78 is 46.6. The highest BCUT2D eigenvalue weighted by molar-refractivity contribution is 7.89. The molecule has 0 spiro atoms. The molecule has 0 aliphatic carbocycles. The van der Waals surface area contributed by atoms with E-state index in [0.29, 0.717) is 13.2 Å². The van der Waals surface area contributed by atoms with Gasteiger partial charge in [0.2, 0.25) is 10.0 Å². The molecule has 1 aromatic carbocycles. The Balaban J connectivity index is 1.93. The fraction of sp³-hybridized carbons (Fsp3) is 0.562. The quantitative estimate of drug-likeness (QED) is 0.848. The SMILES string of the molecule is CC1(C)CN(S(=O)(=O)c2ccc(C#N)c(F)c2)C1C1CCCO1. The number of rotatable bonds is 3. The minimum atomic E-state index is -3.80. The Hall–Kier alpha value is -1.49. The number of nitriles is 1. The van der Waals surface area contributed by atoms with E-state index < -0.39 is 15.8 Å². The van der Waals surface area contributed by atoms with Crippen molar-refractivity contribution in [2.75, 3.05) is 13.2 Å². The third kappa shape index (κ3) is 2.65. The number of ether oxygens (including phenoxy) is 1. The fourth-order valence-electron chi connectivity index (χ4n) is 3.53. The molecular formula is C16H19FN2O3S. The Bertz CT molecular complexity index is 764. The highest BCUT2D eigenvalue weighted by atomic mass is 32.2. The zero-order chi connectivity index (χ0) is 16.8. The lowest BCUT2D eigenvalue weighted by atomic mass is 9.74. The van der Waals surface area contributed by atoms with E-state index >= 15 is 0 Å².